The molecule has 1 aliphatic rings. The second-order valence-corrected chi connectivity index (χ2v) is 6.13. The molecule has 0 amide bonds. The van der Waals surface area contributed by atoms with E-state index in [0.717, 1.165) is 23.9 Å². The Morgan fingerprint density at radius 3 is 2.47 bits per heavy atom. The second-order valence-electron chi connectivity index (χ2n) is 6.13. The fraction of sp³-hybridized carbons (Fsp3) is 1.00. The van der Waals surface area contributed by atoms with Gasteiger partial charge in [0.25, 0.3) is 0 Å². The summed E-state index contributed by atoms with van der Waals surface area (Å²) in [7, 11) is 0. The first-order valence-electron chi connectivity index (χ1n) is 7.95. The Hall–Kier alpha value is -0.0400. The minimum absolute atomic E-state index is 0.718. The first-order valence-corrected chi connectivity index (χ1v) is 7.95. The van der Waals surface area contributed by atoms with Crippen LogP contribution in [0.15, 0.2) is 0 Å². The molecule has 1 saturated carbocycles. The minimum Gasteiger partial charge on any atom is -0.311 e. The lowest BCUT2D eigenvalue weighted by molar-refractivity contribution is 0.317. The molecule has 1 aliphatic carbocycles. The van der Waals surface area contributed by atoms with Gasteiger partial charge >= 0.3 is 0 Å². The van der Waals surface area contributed by atoms with Crippen molar-refractivity contribution < 1.29 is 0 Å². The first kappa shape index (κ1) is 15.0. The van der Waals surface area contributed by atoms with Crippen molar-refractivity contribution in [2.24, 2.45) is 11.8 Å². The zero-order chi connectivity index (χ0) is 12.7. The third-order valence-electron chi connectivity index (χ3n) is 4.74. The SMILES string of the molecule is CCCCCCC(C)NC1CCC(CC)C1C. The molecule has 0 spiro atoms. The molecule has 1 rings (SSSR count). The molecule has 0 bridgehead atoms. The van der Waals surface area contributed by atoms with Crippen LogP contribution >= 0.6 is 0 Å². The van der Waals surface area contributed by atoms with Crippen molar-refractivity contribution in [3.05, 3.63) is 0 Å². The van der Waals surface area contributed by atoms with Crippen LogP contribution in [0.5, 0.6) is 0 Å². The van der Waals surface area contributed by atoms with Crippen LogP contribution in [0.1, 0.15) is 79.1 Å². The van der Waals surface area contributed by atoms with E-state index in [1.165, 1.54) is 51.4 Å². The largest absolute Gasteiger partial charge is 0.311 e. The topological polar surface area (TPSA) is 12.0 Å². The summed E-state index contributed by atoms with van der Waals surface area (Å²) >= 11 is 0. The molecule has 0 radical (unpaired) electrons. The van der Waals surface area contributed by atoms with Crippen molar-refractivity contribution in [2.75, 3.05) is 0 Å². The van der Waals surface area contributed by atoms with E-state index in [4.69, 9.17) is 0 Å². The number of nitrogens with one attached hydrogen (secondary N) is 1. The Morgan fingerprint density at radius 2 is 1.88 bits per heavy atom. The van der Waals surface area contributed by atoms with Gasteiger partial charge in [0.15, 0.2) is 0 Å². The van der Waals surface area contributed by atoms with Gasteiger partial charge in [-0.15, -0.1) is 0 Å². The summed E-state index contributed by atoms with van der Waals surface area (Å²) in [5.74, 6) is 1.86. The third-order valence-corrected chi connectivity index (χ3v) is 4.74. The van der Waals surface area contributed by atoms with Gasteiger partial charge in [-0.05, 0) is 38.0 Å². The van der Waals surface area contributed by atoms with Crippen LogP contribution in [-0.2, 0) is 0 Å². The molecule has 1 fully saturated rings. The predicted molar refractivity (Wildman–Crippen MR) is 77.3 cm³/mol. The molecule has 0 aromatic carbocycles. The van der Waals surface area contributed by atoms with Crippen LogP contribution in [-0.4, -0.2) is 12.1 Å². The van der Waals surface area contributed by atoms with Gasteiger partial charge in [0.05, 0.1) is 0 Å². The number of hydrogen-bond acceptors (Lipinski definition) is 1. The summed E-state index contributed by atoms with van der Waals surface area (Å²) in [5, 5.41) is 3.87. The molecule has 102 valence electrons. The van der Waals surface area contributed by atoms with Crippen molar-refractivity contribution in [2.45, 2.75) is 91.1 Å². The lowest BCUT2D eigenvalue weighted by Crippen LogP contribution is -2.39. The molecular weight excluding hydrogens is 206 g/mol. The molecule has 0 aromatic rings. The van der Waals surface area contributed by atoms with Crippen LogP contribution in [0, 0.1) is 11.8 Å². The number of rotatable bonds is 8. The maximum absolute atomic E-state index is 3.87. The Labute approximate surface area is 109 Å². The van der Waals surface area contributed by atoms with Crippen molar-refractivity contribution in [3.8, 4) is 0 Å². The van der Waals surface area contributed by atoms with Gasteiger partial charge in [0.1, 0.15) is 0 Å². The molecule has 0 heterocycles. The molecule has 4 atom stereocenters. The van der Waals surface area contributed by atoms with E-state index in [-0.39, 0.29) is 0 Å². The van der Waals surface area contributed by atoms with Crippen LogP contribution in [0.2, 0.25) is 0 Å². The second kappa shape index (κ2) is 8.13. The predicted octanol–water partition coefficient (Wildman–Crippen LogP) is 4.76. The van der Waals surface area contributed by atoms with Crippen LogP contribution < -0.4 is 5.32 Å². The molecule has 1 nitrogen and oxygen atoms in total. The van der Waals surface area contributed by atoms with Crippen molar-refractivity contribution >= 4 is 0 Å². The average molecular weight is 239 g/mol. The van der Waals surface area contributed by atoms with Gasteiger partial charge < -0.3 is 5.32 Å². The van der Waals surface area contributed by atoms with Crippen LogP contribution in [0.3, 0.4) is 0 Å². The highest BCUT2D eigenvalue weighted by Gasteiger charge is 2.31. The zero-order valence-electron chi connectivity index (χ0n) is 12.5. The smallest absolute Gasteiger partial charge is 0.00979 e. The van der Waals surface area contributed by atoms with E-state index in [1.807, 2.05) is 0 Å². The molecule has 1 N–H and O–H groups in total. The van der Waals surface area contributed by atoms with Gasteiger partial charge in [-0.3, -0.25) is 0 Å². The summed E-state index contributed by atoms with van der Waals surface area (Å²) in [6, 6.07) is 1.51. The first-order chi connectivity index (χ1) is 8.19. The highest BCUT2D eigenvalue weighted by molar-refractivity contribution is 4.87. The average Bonchev–Trinajstić information content (AvgIpc) is 2.66. The highest BCUT2D eigenvalue weighted by Crippen LogP contribution is 2.34. The molecule has 0 aliphatic heterocycles. The van der Waals surface area contributed by atoms with Gasteiger partial charge in [0, 0.05) is 12.1 Å². The molecule has 1 heteroatoms. The zero-order valence-corrected chi connectivity index (χ0v) is 12.5. The Kier molecular flexibility index (Phi) is 7.18. The normalized spacial score (nSPS) is 30.7. The van der Waals surface area contributed by atoms with Gasteiger partial charge in [0.2, 0.25) is 0 Å². The molecule has 17 heavy (non-hydrogen) atoms. The van der Waals surface area contributed by atoms with E-state index in [2.05, 4.69) is 33.0 Å². The quantitative estimate of drug-likeness (QED) is 0.602. The summed E-state index contributed by atoms with van der Waals surface area (Å²) < 4.78 is 0. The third kappa shape index (κ3) is 4.99. The molecule has 4 unspecified atom stereocenters. The number of hydrogen-bond donors (Lipinski definition) is 1. The van der Waals surface area contributed by atoms with Gasteiger partial charge in [-0.1, -0.05) is 52.9 Å². The maximum Gasteiger partial charge on any atom is 0.00979 e. The lowest BCUT2D eigenvalue weighted by Gasteiger charge is -2.25. The Balaban J connectivity index is 2.16. The van der Waals surface area contributed by atoms with E-state index in [0.29, 0.717) is 0 Å². The fourth-order valence-corrected chi connectivity index (χ4v) is 3.39. The van der Waals surface area contributed by atoms with Crippen molar-refractivity contribution in [1.29, 1.82) is 0 Å². The summed E-state index contributed by atoms with van der Waals surface area (Å²) in [4.78, 5) is 0. The van der Waals surface area contributed by atoms with E-state index in [1.54, 1.807) is 0 Å². The van der Waals surface area contributed by atoms with E-state index >= 15 is 0 Å². The molecule has 0 saturated heterocycles. The lowest BCUT2D eigenvalue weighted by atomic mass is 9.93. The monoisotopic (exact) mass is 239 g/mol. The van der Waals surface area contributed by atoms with Crippen molar-refractivity contribution in [1.82, 2.24) is 5.32 Å². The highest BCUT2D eigenvalue weighted by atomic mass is 15.0. The summed E-state index contributed by atoms with van der Waals surface area (Å²) in [6.07, 6.45) is 11.1. The molecular formula is C16H33N. The van der Waals surface area contributed by atoms with E-state index < -0.39 is 0 Å². The summed E-state index contributed by atoms with van der Waals surface area (Å²) in [5.41, 5.74) is 0. The van der Waals surface area contributed by atoms with Crippen LogP contribution in [0.4, 0.5) is 0 Å². The standard InChI is InChI=1S/C16H33N/c1-5-7-8-9-10-13(3)17-16-12-11-15(6-2)14(16)4/h13-17H,5-12H2,1-4H3. The van der Waals surface area contributed by atoms with Gasteiger partial charge in [-0.2, -0.15) is 0 Å². The molecule has 0 aromatic heterocycles. The Bertz CT molecular complexity index is 190. The Morgan fingerprint density at radius 1 is 1.12 bits per heavy atom. The van der Waals surface area contributed by atoms with Crippen molar-refractivity contribution in [3.63, 3.8) is 0 Å². The fourth-order valence-electron chi connectivity index (χ4n) is 3.39. The minimum atomic E-state index is 0.718. The van der Waals surface area contributed by atoms with Crippen LogP contribution in [0.25, 0.3) is 0 Å². The number of unbranched alkanes of at least 4 members (excludes halogenated alkanes) is 3. The maximum atomic E-state index is 3.87. The van der Waals surface area contributed by atoms with Gasteiger partial charge in [-0.25, -0.2) is 0 Å². The van der Waals surface area contributed by atoms with E-state index in [9.17, 15) is 0 Å². The summed E-state index contributed by atoms with van der Waals surface area (Å²) in [6.45, 7) is 9.45.